The Kier molecular flexibility index (Phi) is 3.11. The first-order valence-electron chi connectivity index (χ1n) is 13.5. The lowest BCUT2D eigenvalue weighted by Gasteiger charge is -2.60. The second-order valence-corrected chi connectivity index (χ2v) is 13.7. The lowest BCUT2D eigenvalue weighted by molar-refractivity contribution is -0.0965. The SMILES string of the molecule is [C]1N2C(=C3OC[C@H](C45CC6CC(CC(C6)C4)C5)N13)OC[C@@H]2C12CC3CC(CC(C3)C1)C2. The fraction of sp³-hybridized carbons (Fsp3) is 0.889. The van der Waals surface area contributed by atoms with Crippen LogP contribution in [0.25, 0.3) is 0 Å². The van der Waals surface area contributed by atoms with E-state index < -0.39 is 0 Å². The smallest absolute Gasteiger partial charge is 0.254 e. The third-order valence-corrected chi connectivity index (χ3v) is 11.8. The van der Waals surface area contributed by atoms with Crippen LogP contribution < -0.4 is 0 Å². The molecule has 0 aromatic heterocycles. The van der Waals surface area contributed by atoms with Gasteiger partial charge in [-0.25, -0.2) is 0 Å². The summed E-state index contributed by atoms with van der Waals surface area (Å²) in [5.41, 5.74) is 0.944. The van der Waals surface area contributed by atoms with Gasteiger partial charge in [-0.05, 0) is 123 Å². The fourth-order valence-electron chi connectivity index (χ4n) is 11.6. The molecule has 4 nitrogen and oxygen atoms in total. The Morgan fingerprint density at radius 2 is 0.871 bits per heavy atom. The van der Waals surface area contributed by atoms with Gasteiger partial charge in [0.05, 0.1) is 12.1 Å². The molecule has 11 aliphatic rings. The normalized spacial score (nSPS) is 57.5. The highest BCUT2D eigenvalue weighted by atomic mass is 16.6. The summed E-state index contributed by atoms with van der Waals surface area (Å²) in [6.07, 6.45) is 17.7. The summed E-state index contributed by atoms with van der Waals surface area (Å²) in [6.45, 7) is 5.62. The molecule has 2 radical (unpaired) electrons. The molecule has 2 saturated heterocycles. The average Bonchev–Trinajstić information content (AvgIpc) is 3.37. The van der Waals surface area contributed by atoms with E-state index in [0.29, 0.717) is 22.9 Å². The number of nitrogens with zero attached hydrogens (tertiary/aromatic N) is 2. The van der Waals surface area contributed by atoms with Gasteiger partial charge in [0.15, 0.2) is 0 Å². The fourth-order valence-corrected chi connectivity index (χ4v) is 11.6. The van der Waals surface area contributed by atoms with Crippen molar-refractivity contribution in [3.05, 3.63) is 18.4 Å². The van der Waals surface area contributed by atoms with Crippen LogP contribution in [-0.2, 0) is 9.47 Å². The van der Waals surface area contributed by atoms with Gasteiger partial charge >= 0.3 is 0 Å². The van der Waals surface area contributed by atoms with Crippen molar-refractivity contribution < 1.29 is 9.47 Å². The Labute approximate surface area is 186 Å². The van der Waals surface area contributed by atoms with Gasteiger partial charge in [0.25, 0.3) is 11.8 Å². The zero-order valence-corrected chi connectivity index (χ0v) is 18.7. The lowest BCUT2D eigenvalue weighted by atomic mass is 9.47. The first-order valence-corrected chi connectivity index (χ1v) is 13.5. The monoisotopic (exact) mass is 420 g/mol. The van der Waals surface area contributed by atoms with Gasteiger partial charge in [-0.1, -0.05) is 0 Å². The van der Waals surface area contributed by atoms with Crippen LogP contribution in [0.5, 0.6) is 0 Å². The van der Waals surface area contributed by atoms with Crippen LogP contribution >= 0.6 is 0 Å². The predicted molar refractivity (Wildman–Crippen MR) is 115 cm³/mol. The van der Waals surface area contributed by atoms with Crippen molar-refractivity contribution >= 4 is 0 Å². The van der Waals surface area contributed by atoms with Crippen molar-refractivity contribution in [1.29, 1.82) is 0 Å². The van der Waals surface area contributed by atoms with Gasteiger partial charge in [-0.15, -0.1) is 0 Å². The van der Waals surface area contributed by atoms with Crippen LogP contribution in [0.2, 0.25) is 0 Å². The third-order valence-electron chi connectivity index (χ3n) is 11.8. The molecule has 8 bridgehead atoms. The van der Waals surface area contributed by atoms with E-state index in [-0.39, 0.29) is 0 Å². The highest BCUT2D eigenvalue weighted by Crippen LogP contribution is 2.66. The maximum absolute atomic E-state index is 6.44. The number of hydrogen-bond acceptors (Lipinski definition) is 4. The topological polar surface area (TPSA) is 24.9 Å². The second-order valence-electron chi connectivity index (χ2n) is 13.7. The molecule has 10 fully saturated rings. The molecule has 0 amide bonds. The van der Waals surface area contributed by atoms with Gasteiger partial charge in [-0.2, -0.15) is 0 Å². The van der Waals surface area contributed by atoms with Crippen LogP contribution in [0.3, 0.4) is 0 Å². The Morgan fingerprint density at radius 3 is 1.19 bits per heavy atom. The number of hydrogen-bond donors (Lipinski definition) is 0. The van der Waals surface area contributed by atoms with E-state index in [9.17, 15) is 0 Å². The summed E-state index contributed by atoms with van der Waals surface area (Å²) in [7, 11) is 0. The minimum absolute atomic E-state index is 0.472. The second kappa shape index (κ2) is 5.53. The van der Waals surface area contributed by atoms with Crippen LogP contribution in [0.1, 0.15) is 77.0 Å². The van der Waals surface area contributed by atoms with Crippen molar-refractivity contribution in [3.8, 4) is 0 Å². The predicted octanol–water partition coefficient (Wildman–Crippen LogP) is 4.96. The number of ether oxygens (including phenoxy) is 2. The van der Waals surface area contributed by atoms with Crippen LogP contribution in [-0.4, -0.2) is 35.1 Å². The third kappa shape index (κ3) is 2.15. The molecule has 0 unspecified atom stereocenters. The van der Waals surface area contributed by atoms with Gasteiger partial charge in [0.2, 0.25) is 6.67 Å². The molecule has 4 heteroatoms. The molecule has 166 valence electrons. The molecule has 8 saturated carbocycles. The standard InChI is InChI=1S/C27H36N2O2/c1-16-2-18-3-17(1)8-26(7-16,9-18)22-13-30-24-25-29(15-28(22)24)23(14-31-25)27-10-19-4-20(11-27)6-21(5-19)12-27/h16-23H,1-14H2/t16?,17?,18?,19?,20?,21?,22-,23-,26?,27?/m1/s1. The summed E-state index contributed by atoms with van der Waals surface area (Å²) in [5, 5.41) is 0. The molecule has 3 aliphatic heterocycles. The Balaban J connectivity index is 1.03. The Hall–Kier alpha value is -1.06. The molecule has 0 N–H and O–H groups in total. The average molecular weight is 421 g/mol. The molecule has 8 aliphatic carbocycles. The van der Waals surface area contributed by atoms with E-state index in [0.717, 1.165) is 60.5 Å². The van der Waals surface area contributed by atoms with E-state index in [1.165, 1.54) is 77.0 Å². The first kappa shape index (κ1) is 17.4. The summed E-state index contributed by atoms with van der Waals surface area (Å²) >= 11 is 0. The molecular formula is C27H36N2O2. The molecular weight excluding hydrogens is 384 g/mol. The summed E-state index contributed by atoms with van der Waals surface area (Å²) in [5.74, 6) is 7.97. The van der Waals surface area contributed by atoms with Crippen molar-refractivity contribution in [1.82, 2.24) is 9.80 Å². The molecule has 0 spiro atoms. The summed E-state index contributed by atoms with van der Waals surface area (Å²) < 4.78 is 12.9. The van der Waals surface area contributed by atoms with E-state index in [4.69, 9.17) is 9.47 Å². The van der Waals surface area contributed by atoms with E-state index in [2.05, 4.69) is 16.5 Å². The zero-order valence-electron chi connectivity index (χ0n) is 18.7. The van der Waals surface area contributed by atoms with Gasteiger partial charge in [0, 0.05) is 0 Å². The van der Waals surface area contributed by atoms with Crippen molar-refractivity contribution in [2.24, 2.45) is 46.3 Å². The number of rotatable bonds is 2. The lowest BCUT2D eigenvalue weighted by Crippen LogP contribution is -2.57. The Morgan fingerprint density at radius 1 is 0.548 bits per heavy atom. The van der Waals surface area contributed by atoms with Crippen LogP contribution in [0, 0.1) is 53.0 Å². The highest BCUT2D eigenvalue weighted by Gasteiger charge is 2.63. The van der Waals surface area contributed by atoms with Gasteiger partial charge in [-0.3, -0.25) is 0 Å². The minimum atomic E-state index is 0.472. The number of fused-ring (bicyclic) bond motifs is 2. The minimum Gasteiger partial charge on any atom is -0.473 e. The molecule has 11 rings (SSSR count). The maximum atomic E-state index is 6.44. The summed E-state index contributed by atoms with van der Waals surface area (Å²) in [4.78, 5) is 4.91. The van der Waals surface area contributed by atoms with E-state index >= 15 is 0 Å². The zero-order chi connectivity index (χ0) is 19.9. The van der Waals surface area contributed by atoms with Crippen LogP contribution in [0.15, 0.2) is 11.8 Å². The van der Waals surface area contributed by atoms with E-state index in [1.54, 1.807) is 0 Å². The Bertz CT molecular complexity index is 725. The van der Waals surface area contributed by atoms with Gasteiger partial charge in [0.1, 0.15) is 13.2 Å². The largest absolute Gasteiger partial charge is 0.473 e. The molecule has 3 heterocycles. The van der Waals surface area contributed by atoms with Gasteiger partial charge < -0.3 is 19.3 Å². The quantitative estimate of drug-likeness (QED) is 0.631. The summed E-state index contributed by atoms with van der Waals surface area (Å²) in [6, 6.07) is 0.990. The molecule has 0 aromatic rings. The van der Waals surface area contributed by atoms with E-state index in [1.807, 2.05) is 0 Å². The maximum Gasteiger partial charge on any atom is 0.254 e. The highest BCUT2D eigenvalue weighted by molar-refractivity contribution is 5.25. The molecule has 2 atom stereocenters. The molecule has 31 heavy (non-hydrogen) atoms. The first-order chi connectivity index (χ1) is 15.2. The van der Waals surface area contributed by atoms with Crippen molar-refractivity contribution in [3.63, 3.8) is 0 Å². The van der Waals surface area contributed by atoms with Crippen molar-refractivity contribution in [2.75, 3.05) is 13.2 Å². The van der Waals surface area contributed by atoms with Crippen molar-refractivity contribution in [2.45, 2.75) is 89.1 Å². The van der Waals surface area contributed by atoms with Crippen LogP contribution in [0.4, 0.5) is 0 Å². The molecule has 0 aromatic carbocycles.